The van der Waals surface area contributed by atoms with Gasteiger partial charge in [-0.2, -0.15) is 0 Å². The Balaban J connectivity index is 1.69. The fourth-order valence-electron chi connectivity index (χ4n) is 5.39. The Morgan fingerprint density at radius 2 is 2.06 bits per heavy atom. The second kappa shape index (κ2) is 12.1. The molecular weight excluding hydrogens is 428 g/mol. The third-order valence-corrected chi connectivity index (χ3v) is 7.53. The Hall–Kier alpha value is -0.740. The lowest BCUT2D eigenvalue weighted by Gasteiger charge is -2.39. The van der Waals surface area contributed by atoms with E-state index in [0.717, 1.165) is 38.8 Å². The van der Waals surface area contributed by atoms with Gasteiger partial charge in [0.2, 0.25) is 5.91 Å². The predicted molar refractivity (Wildman–Crippen MR) is 129 cm³/mol. The molecule has 9 heteroatoms. The summed E-state index contributed by atoms with van der Waals surface area (Å²) in [5.74, 6) is -0.636. The Morgan fingerprint density at radius 1 is 1.31 bits per heavy atom. The van der Waals surface area contributed by atoms with E-state index in [0.29, 0.717) is 19.7 Å². The number of allylic oxidation sites excluding steroid dienone is 1. The van der Waals surface area contributed by atoms with Gasteiger partial charge in [-0.05, 0) is 51.7 Å². The van der Waals surface area contributed by atoms with Crippen LogP contribution in [0.4, 0.5) is 0 Å². The number of likely N-dealkylation sites (N-methyl/N-ethyl adjacent to an activating group) is 1. The third kappa shape index (κ3) is 7.13. The number of hydrogen-bond acceptors (Lipinski definition) is 7. The number of carbonyl (C=O) groups is 1. The Morgan fingerprint density at radius 3 is 2.75 bits per heavy atom. The van der Waals surface area contributed by atoms with Crippen molar-refractivity contribution in [2.45, 2.75) is 68.3 Å². The molecule has 1 amide bonds. The van der Waals surface area contributed by atoms with Crippen molar-refractivity contribution in [3.8, 4) is 0 Å². The zero-order valence-electron chi connectivity index (χ0n) is 19.7. The van der Waals surface area contributed by atoms with Gasteiger partial charge >= 0.3 is 0 Å². The number of piperidine rings is 1. The van der Waals surface area contributed by atoms with Gasteiger partial charge in [0.05, 0.1) is 36.2 Å². The van der Waals surface area contributed by atoms with Crippen molar-refractivity contribution in [3.63, 3.8) is 0 Å². The van der Waals surface area contributed by atoms with Crippen LogP contribution < -0.4 is 27.4 Å². The number of ether oxygens (including phenoxy) is 1. The van der Waals surface area contributed by atoms with E-state index in [1.54, 1.807) is 0 Å². The molecule has 7 N–H and O–H groups in total. The molecule has 0 aromatic carbocycles. The molecule has 5 atom stereocenters. The second-order valence-electron chi connectivity index (χ2n) is 10.1. The maximum Gasteiger partial charge on any atom is 0.227 e. The topological polar surface area (TPSA) is 118 Å². The molecule has 1 spiro atoms. The first-order valence-corrected chi connectivity index (χ1v) is 12.6. The quantitative estimate of drug-likeness (QED) is 0.197. The van der Waals surface area contributed by atoms with Crippen molar-refractivity contribution in [2.24, 2.45) is 22.8 Å². The normalized spacial score (nSPS) is 32.6. The Bertz CT molecular complexity index is 626. The van der Waals surface area contributed by atoms with E-state index in [9.17, 15) is 4.79 Å². The summed E-state index contributed by atoms with van der Waals surface area (Å²) in [5.41, 5.74) is 12.5. The summed E-state index contributed by atoms with van der Waals surface area (Å²) in [4.78, 5) is 15.6. The number of carbonyl (C=O) groups excluding carboxylic acids is 1. The van der Waals surface area contributed by atoms with Gasteiger partial charge in [-0.15, -0.1) is 11.6 Å². The van der Waals surface area contributed by atoms with Crippen LogP contribution in [0, 0.1) is 11.3 Å². The summed E-state index contributed by atoms with van der Waals surface area (Å²) in [6.07, 6.45) is 9.98. The molecular formula is C23H43ClN6O2. The lowest BCUT2D eigenvalue weighted by atomic mass is 9.75. The van der Waals surface area contributed by atoms with Crippen LogP contribution in [0.1, 0.15) is 38.5 Å². The highest BCUT2D eigenvalue weighted by atomic mass is 35.5. The molecule has 0 aromatic heterocycles. The molecule has 0 aromatic rings. The van der Waals surface area contributed by atoms with E-state index in [-0.39, 0.29) is 34.9 Å². The lowest BCUT2D eigenvalue weighted by Crippen LogP contribution is -2.62. The van der Waals surface area contributed by atoms with Crippen LogP contribution in [0.15, 0.2) is 12.2 Å². The molecule has 2 fully saturated rings. The zero-order valence-corrected chi connectivity index (χ0v) is 20.4. The number of nitrogens with two attached hydrogens (primary N) is 2. The molecule has 3 aliphatic rings. The molecule has 2 aliphatic heterocycles. The van der Waals surface area contributed by atoms with Gasteiger partial charge in [0, 0.05) is 25.7 Å². The van der Waals surface area contributed by atoms with E-state index in [2.05, 4.69) is 33.0 Å². The standard InChI is InChI=1S/C23H43ClN6O2/c1-30(2)11-12-32-19-6-10-27-15-18(19)29-22(31)20(21(25)26)17-13-23(7-3-4-8-23)9-5-16(24)14-28-17/h5,9,16-21,27-28H,3-4,6-8,10-15,25-26H2,1-2H3,(H,29,31)/b9-5-. The van der Waals surface area contributed by atoms with Crippen molar-refractivity contribution in [1.82, 2.24) is 20.9 Å². The number of rotatable bonds is 8. The van der Waals surface area contributed by atoms with E-state index >= 15 is 0 Å². The van der Waals surface area contributed by atoms with Crippen molar-refractivity contribution >= 4 is 17.5 Å². The molecule has 8 nitrogen and oxygen atoms in total. The summed E-state index contributed by atoms with van der Waals surface area (Å²) in [7, 11) is 4.05. The van der Waals surface area contributed by atoms with Gasteiger partial charge in [0.1, 0.15) is 0 Å². The molecule has 1 saturated carbocycles. The fourth-order valence-corrected chi connectivity index (χ4v) is 5.55. The molecule has 32 heavy (non-hydrogen) atoms. The highest BCUT2D eigenvalue weighted by Gasteiger charge is 2.42. The van der Waals surface area contributed by atoms with Crippen molar-refractivity contribution < 1.29 is 9.53 Å². The van der Waals surface area contributed by atoms with E-state index in [1.807, 2.05) is 14.1 Å². The van der Waals surface area contributed by atoms with Crippen LogP contribution in [0.2, 0.25) is 0 Å². The minimum Gasteiger partial charge on any atom is -0.375 e. The highest BCUT2D eigenvalue weighted by molar-refractivity contribution is 6.22. The average Bonchev–Trinajstić information content (AvgIpc) is 3.19. The highest BCUT2D eigenvalue weighted by Crippen LogP contribution is 2.45. The van der Waals surface area contributed by atoms with Gasteiger partial charge < -0.3 is 37.1 Å². The Kier molecular flexibility index (Phi) is 9.79. The maximum absolute atomic E-state index is 13.5. The van der Waals surface area contributed by atoms with Crippen LogP contribution >= 0.6 is 11.6 Å². The predicted octanol–water partition coefficient (Wildman–Crippen LogP) is 0.357. The van der Waals surface area contributed by atoms with Crippen LogP contribution in [0.5, 0.6) is 0 Å². The van der Waals surface area contributed by atoms with E-state index in [1.165, 1.54) is 12.8 Å². The molecule has 5 unspecified atom stereocenters. The summed E-state index contributed by atoms with van der Waals surface area (Å²) in [5, 5.41) is 10.0. The number of nitrogens with zero attached hydrogens (tertiary/aromatic N) is 1. The van der Waals surface area contributed by atoms with Crippen molar-refractivity contribution in [3.05, 3.63) is 12.2 Å². The number of nitrogens with one attached hydrogen (secondary N) is 3. The molecule has 2 heterocycles. The maximum atomic E-state index is 13.5. The van der Waals surface area contributed by atoms with Gasteiger partial charge in [0.25, 0.3) is 0 Å². The first kappa shape index (κ1) is 25.9. The number of alkyl halides is 1. The van der Waals surface area contributed by atoms with Crippen LogP contribution in [-0.4, -0.2) is 87.4 Å². The average molecular weight is 471 g/mol. The zero-order chi connectivity index (χ0) is 23.1. The summed E-state index contributed by atoms with van der Waals surface area (Å²) in [6.45, 7) is 3.65. The van der Waals surface area contributed by atoms with Crippen LogP contribution in [0.3, 0.4) is 0 Å². The van der Waals surface area contributed by atoms with Crippen LogP contribution in [-0.2, 0) is 9.53 Å². The number of halogens is 1. The molecule has 1 aliphatic carbocycles. The minimum atomic E-state index is -0.757. The SMILES string of the molecule is CN(C)CCOC1CCNCC1NC(=O)C(C(N)N)C1CC2(/C=C\C(Cl)CN1)CCCC2. The van der Waals surface area contributed by atoms with Gasteiger partial charge in [0.15, 0.2) is 0 Å². The monoisotopic (exact) mass is 470 g/mol. The molecule has 0 radical (unpaired) electrons. The number of hydrogen-bond donors (Lipinski definition) is 5. The molecule has 0 bridgehead atoms. The third-order valence-electron chi connectivity index (χ3n) is 7.23. The van der Waals surface area contributed by atoms with E-state index < -0.39 is 12.1 Å². The first-order valence-electron chi connectivity index (χ1n) is 12.1. The summed E-state index contributed by atoms with van der Waals surface area (Å²) >= 11 is 6.49. The van der Waals surface area contributed by atoms with E-state index in [4.69, 9.17) is 27.8 Å². The minimum absolute atomic E-state index is 0.0172. The first-order chi connectivity index (χ1) is 15.3. The second-order valence-corrected chi connectivity index (χ2v) is 10.6. The summed E-state index contributed by atoms with van der Waals surface area (Å²) < 4.78 is 6.12. The Labute approximate surface area is 198 Å². The smallest absolute Gasteiger partial charge is 0.227 e. The molecule has 1 saturated heterocycles. The summed E-state index contributed by atoms with van der Waals surface area (Å²) in [6, 6.07) is -0.224. The fraction of sp³-hybridized carbons (Fsp3) is 0.870. The molecule has 184 valence electrons. The number of amides is 1. The van der Waals surface area contributed by atoms with Gasteiger partial charge in [-0.3, -0.25) is 4.79 Å². The largest absolute Gasteiger partial charge is 0.375 e. The lowest BCUT2D eigenvalue weighted by molar-refractivity contribution is -0.129. The van der Waals surface area contributed by atoms with Crippen molar-refractivity contribution in [2.75, 3.05) is 46.9 Å². The molecule has 3 rings (SSSR count). The van der Waals surface area contributed by atoms with Crippen LogP contribution in [0.25, 0.3) is 0 Å². The van der Waals surface area contributed by atoms with Gasteiger partial charge in [-0.1, -0.05) is 25.0 Å². The van der Waals surface area contributed by atoms with Gasteiger partial charge in [-0.25, -0.2) is 0 Å². The van der Waals surface area contributed by atoms with Crippen molar-refractivity contribution in [1.29, 1.82) is 0 Å².